The van der Waals surface area contributed by atoms with Crippen LogP contribution in [0.2, 0.25) is 0 Å². The van der Waals surface area contributed by atoms with Gasteiger partial charge in [0.05, 0.1) is 23.2 Å². The lowest BCUT2D eigenvalue weighted by atomic mass is 10.0. The third-order valence-electron chi connectivity index (χ3n) is 3.76. The number of esters is 1. The summed E-state index contributed by atoms with van der Waals surface area (Å²) in [4.78, 5) is 12.0. The van der Waals surface area contributed by atoms with Crippen molar-refractivity contribution in [3.8, 4) is 0 Å². The van der Waals surface area contributed by atoms with E-state index in [-0.39, 0.29) is 0 Å². The third kappa shape index (κ3) is 2.02. The molecule has 0 unspecified atom stereocenters. The summed E-state index contributed by atoms with van der Waals surface area (Å²) in [6.45, 7) is 9.94. The first-order valence-electron chi connectivity index (χ1n) is 7.19. The molecular formula is C19H17NO2. The average Bonchev–Trinajstić information content (AvgIpc) is 2.88. The smallest absolute Gasteiger partial charge is 0.338 e. The highest BCUT2D eigenvalue weighted by molar-refractivity contribution is 6.22. The summed E-state index contributed by atoms with van der Waals surface area (Å²) in [7, 11) is 0. The SMILES string of the molecule is C=Cn1c2ccccc2c2cccc(C(=C)C(=O)OCC)c21. The molecular weight excluding hydrogens is 274 g/mol. The number of aromatic nitrogens is 1. The van der Waals surface area contributed by atoms with Crippen molar-refractivity contribution in [3.05, 3.63) is 61.2 Å². The Labute approximate surface area is 129 Å². The maximum absolute atomic E-state index is 12.0. The van der Waals surface area contributed by atoms with Crippen LogP contribution in [0.15, 0.2) is 55.6 Å². The average molecular weight is 291 g/mol. The zero-order valence-corrected chi connectivity index (χ0v) is 12.5. The van der Waals surface area contributed by atoms with Crippen molar-refractivity contribution in [2.45, 2.75) is 6.92 Å². The fraction of sp³-hybridized carbons (Fsp3) is 0.105. The van der Waals surface area contributed by atoms with Crippen molar-refractivity contribution in [2.24, 2.45) is 0 Å². The Balaban J connectivity index is 2.35. The molecule has 0 saturated heterocycles. The van der Waals surface area contributed by atoms with Gasteiger partial charge in [-0.2, -0.15) is 0 Å². The van der Waals surface area contributed by atoms with Crippen LogP contribution in [-0.2, 0) is 9.53 Å². The quantitative estimate of drug-likeness (QED) is 0.524. The van der Waals surface area contributed by atoms with Crippen molar-refractivity contribution in [1.82, 2.24) is 4.57 Å². The monoisotopic (exact) mass is 291 g/mol. The van der Waals surface area contributed by atoms with Gasteiger partial charge in [-0.25, -0.2) is 4.79 Å². The Bertz CT molecular complexity index is 902. The van der Waals surface area contributed by atoms with Gasteiger partial charge in [-0.1, -0.05) is 49.6 Å². The van der Waals surface area contributed by atoms with Gasteiger partial charge in [0, 0.05) is 22.5 Å². The fourth-order valence-corrected chi connectivity index (χ4v) is 2.81. The molecule has 0 amide bonds. The van der Waals surface area contributed by atoms with Crippen LogP contribution < -0.4 is 0 Å². The van der Waals surface area contributed by atoms with Crippen molar-refractivity contribution in [1.29, 1.82) is 0 Å². The second-order valence-electron chi connectivity index (χ2n) is 4.97. The number of hydrogen-bond donors (Lipinski definition) is 0. The second-order valence-corrected chi connectivity index (χ2v) is 4.97. The highest BCUT2D eigenvalue weighted by Gasteiger charge is 2.18. The normalized spacial score (nSPS) is 10.8. The second kappa shape index (κ2) is 5.53. The first kappa shape index (κ1) is 14.1. The number of benzene rings is 2. The molecule has 110 valence electrons. The molecule has 0 bridgehead atoms. The van der Waals surface area contributed by atoms with E-state index < -0.39 is 5.97 Å². The predicted molar refractivity (Wildman–Crippen MR) is 91.5 cm³/mol. The lowest BCUT2D eigenvalue weighted by Gasteiger charge is -2.09. The van der Waals surface area contributed by atoms with Crippen molar-refractivity contribution in [3.63, 3.8) is 0 Å². The lowest BCUT2D eigenvalue weighted by Crippen LogP contribution is -2.06. The molecule has 0 N–H and O–H groups in total. The first-order chi connectivity index (χ1) is 10.7. The van der Waals surface area contributed by atoms with Gasteiger partial charge >= 0.3 is 5.97 Å². The number of nitrogens with zero attached hydrogens (tertiary/aromatic N) is 1. The minimum atomic E-state index is -0.393. The van der Waals surface area contributed by atoms with Crippen LogP contribution in [0.3, 0.4) is 0 Å². The molecule has 0 spiro atoms. The van der Waals surface area contributed by atoms with Crippen LogP contribution in [0, 0.1) is 0 Å². The summed E-state index contributed by atoms with van der Waals surface area (Å²) >= 11 is 0. The number of carbonyl (C=O) groups is 1. The van der Waals surface area contributed by atoms with Gasteiger partial charge in [-0.05, 0) is 13.0 Å². The fourth-order valence-electron chi connectivity index (χ4n) is 2.81. The number of rotatable bonds is 4. The molecule has 0 atom stereocenters. The van der Waals surface area contributed by atoms with E-state index >= 15 is 0 Å². The van der Waals surface area contributed by atoms with Gasteiger partial charge in [-0.3, -0.25) is 0 Å². The highest BCUT2D eigenvalue weighted by Crippen LogP contribution is 2.33. The van der Waals surface area contributed by atoms with Crippen LogP contribution in [0.25, 0.3) is 33.6 Å². The Kier molecular flexibility index (Phi) is 3.55. The Morgan fingerprint density at radius 1 is 1.18 bits per heavy atom. The molecule has 3 aromatic rings. The zero-order chi connectivity index (χ0) is 15.7. The van der Waals surface area contributed by atoms with Crippen molar-refractivity contribution >= 4 is 39.5 Å². The van der Waals surface area contributed by atoms with E-state index in [1.54, 1.807) is 13.1 Å². The van der Waals surface area contributed by atoms with E-state index in [1.165, 1.54) is 0 Å². The predicted octanol–water partition coefficient (Wildman–Crippen LogP) is 4.47. The molecule has 1 heterocycles. The maximum Gasteiger partial charge on any atom is 0.338 e. The Morgan fingerprint density at radius 3 is 2.64 bits per heavy atom. The minimum absolute atomic E-state index is 0.332. The van der Waals surface area contributed by atoms with Crippen LogP contribution in [0.5, 0.6) is 0 Å². The lowest BCUT2D eigenvalue weighted by molar-refractivity contribution is -0.136. The molecule has 2 aromatic carbocycles. The Morgan fingerprint density at radius 2 is 1.91 bits per heavy atom. The van der Waals surface area contributed by atoms with E-state index in [1.807, 2.05) is 41.0 Å². The van der Waals surface area contributed by atoms with Crippen LogP contribution >= 0.6 is 0 Å². The van der Waals surface area contributed by atoms with Gasteiger partial charge in [0.15, 0.2) is 0 Å². The summed E-state index contributed by atoms with van der Waals surface area (Å²) in [6.07, 6.45) is 1.76. The van der Waals surface area contributed by atoms with Crippen molar-refractivity contribution < 1.29 is 9.53 Å². The number of ether oxygens (including phenoxy) is 1. The van der Waals surface area contributed by atoms with E-state index in [4.69, 9.17) is 4.74 Å². The van der Waals surface area contributed by atoms with E-state index in [0.29, 0.717) is 12.2 Å². The highest BCUT2D eigenvalue weighted by atomic mass is 16.5. The van der Waals surface area contributed by atoms with Gasteiger partial charge in [0.2, 0.25) is 0 Å². The van der Waals surface area contributed by atoms with E-state index in [0.717, 1.165) is 27.4 Å². The molecule has 0 aliphatic heterocycles. The molecule has 3 nitrogen and oxygen atoms in total. The topological polar surface area (TPSA) is 31.2 Å². The minimum Gasteiger partial charge on any atom is -0.462 e. The van der Waals surface area contributed by atoms with E-state index in [2.05, 4.69) is 19.2 Å². The van der Waals surface area contributed by atoms with E-state index in [9.17, 15) is 4.79 Å². The number of para-hydroxylation sites is 2. The molecule has 3 rings (SSSR count). The Hall–Kier alpha value is -2.81. The first-order valence-corrected chi connectivity index (χ1v) is 7.19. The van der Waals surface area contributed by atoms with Gasteiger partial charge in [0.25, 0.3) is 0 Å². The van der Waals surface area contributed by atoms with Gasteiger partial charge < -0.3 is 9.30 Å². The molecule has 1 aromatic heterocycles. The van der Waals surface area contributed by atoms with Crippen LogP contribution in [0.1, 0.15) is 12.5 Å². The van der Waals surface area contributed by atoms with Crippen LogP contribution in [-0.4, -0.2) is 17.1 Å². The van der Waals surface area contributed by atoms with Gasteiger partial charge in [0.1, 0.15) is 0 Å². The molecule has 0 fully saturated rings. The molecule has 22 heavy (non-hydrogen) atoms. The number of hydrogen-bond acceptors (Lipinski definition) is 2. The van der Waals surface area contributed by atoms with Crippen LogP contribution in [0.4, 0.5) is 0 Å². The molecule has 3 heteroatoms. The number of fused-ring (bicyclic) bond motifs is 3. The molecule has 0 radical (unpaired) electrons. The summed E-state index contributed by atoms with van der Waals surface area (Å²) < 4.78 is 7.07. The van der Waals surface area contributed by atoms with Gasteiger partial charge in [-0.15, -0.1) is 0 Å². The van der Waals surface area contributed by atoms with Crippen molar-refractivity contribution in [2.75, 3.05) is 6.61 Å². The summed E-state index contributed by atoms with van der Waals surface area (Å²) in [5.74, 6) is -0.393. The maximum atomic E-state index is 12.0. The summed E-state index contributed by atoms with van der Waals surface area (Å²) in [5.41, 5.74) is 3.11. The standard InChI is InChI=1S/C19H17NO2/c1-4-20-17-12-7-6-9-15(17)16-11-8-10-14(18(16)20)13(3)19(21)22-5-2/h4,6-12H,1,3,5H2,2H3. The third-order valence-corrected chi connectivity index (χ3v) is 3.76. The molecule has 0 aliphatic rings. The largest absolute Gasteiger partial charge is 0.462 e. The summed E-state index contributed by atoms with van der Waals surface area (Å²) in [5, 5.41) is 2.19. The molecule has 0 saturated carbocycles. The zero-order valence-electron chi connectivity index (χ0n) is 12.5. The molecule has 0 aliphatic carbocycles. The summed E-state index contributed by atoms with van der Waals surface area (Å²) in [6, 6.07) is 14.0. The number of carbonyl (C=O) groups excluding carboxylic acids is 1.